The smallest absolute Gasteiger partial charge is 0.0474 e. The van der Waals surface area contributed by atoms with Gasteiger partial charge in [-0.25, -0.2) is 0 Å². The van der Waals surface area contributed by atoms with E-state index in [-0.39, 0.29) is 6.04 Å². The highest BCUT2D eigenvalue weighted by Gasteiger charge is 2.10. The van der Waals surface area contributed by atoms with Crippen molar-refractivity contribution in [1.82, 2.24) is 0 Å². The van der Waals surface area contributed by atoms with Crippen LogP contribution in [0.2, 0.25) is 5.02 Å². The third-order valence-corrected chi connectivity index (χ3v) is 3.67. The van der Waals surface area contributed by atoms with Crippen molar-refractivity contribution in [2.24, 2.45) is 5.73 Å². The Kier molecular flexibility index (Phi) is 4.13. The third kappa shape index (κ3) is 2.91. The van der Waals surface area contributed by atoms with Crippen LogP contribution in [-0.4, -0.2) is 7.05 Å². The summed E-state index contributed by atoms with van der Waals surface area (Å²) in [5.74, 6) is 0. The molecule has 2 N–H and O–H groups in total. The number of benzene rings is 2. The molecule has 0 spiro atoms. The number of nitrogens with zero attached hydrogens (tertiary/aromatic N) is 1. The monoisotopic (exact) mass is 274 g/mol. The minimum atomic E-state index is -0.0506. The predicted octanol–water partition coefficient (Wildman–Crippen LogP) is 4.44. The van der Waals surface area contributed by atoms with Gasteiger partial charge in [0.25, 0.3) is 0 Å². The Balaban J connectivity index is 2.38. The Labute approximate surface area is 119 Å². The number of halogens is 1. The quantitative estimate of drug-likeness (QED) is 0.897. The molecule has 2 nitrogen and oxygen atoms in total. The number of aryl methyl sites for hydroxylation is 1. The number of hydrogen-bond acceptors (Lipinski definition) is 2. The van der Waals surface area contributed by atoms with Crippen LogP contribution in [0, 0.1) is 6.92 Å². The van der Waals surface area contributed by atoms with Crippen molar-refractivity contribution < 1.29 is 0 Å². The molecule has 0 aliphatic carbocycles. The molecule has 2 aromatic rings. The van der Waals surface area contributed by atoms with E-state index in [4.69, 9.17) is 17.3 Å². The van der Waals surface area contributed by atoms with Crippen molar-refractivity contribution in [3.05, 3.63) is 58.6 Å². The van der Waals surface area contributed by atoms with E-state index < -0.39 is 0 Å². The number of para-hydroxylation sites is 1. The third-order valence-electron chi connectivity index (χ3n) is 3.34. The summed E-state index contributed by atoms with van der Waals surface area (Å²) < 4.78 is 0. The molecule has 1 atom stereocenters. The van der Waals surface area contributed by atoms with Gasteiger partial charge in [0.15, 0.2) is 0 Å². The molecule has 0 aliphatic rings. The van der Waals surface area contributed by atoms with E-state index in [1.54, 1.807) is 0 Å². The molecule has 0 amide bonds. The van der Waals surface area contributed by atoms with Gasteiger partial charge in [0.2, 0.25) is 0 Å². The van der Waals surface area contributed by atoms with Gasteiger partial charge in [0, 0.05) is 29.5 Å². The van der Waals surface area contributed by atoms with Gasteiger partial charge >= 0.3 is 0 Å². The van der Waals surface area contributed by atoms with Gasteiger partial charge < -0.3 is 10.6 Å². The van der Waals surface area contributed by atoms with Crippen LogP contribution in [0.3, 0.4) is 0 Å². The summed E-state index contributed by atoms with van der Waals surface area (Å²) >= 11 is 6.29. The first-order valence-corrected chi connectivity index (χ1v) is 6.73. The second-order valence-corrected chi connectivity index (χ2v) is 5.25. The highest BCUT2D eigenvalue weighted by atomic mass is 35.5. The highest BCUT2D eigenvalue weighted by molar-refractivity contribution is 6.31. The Bertz CT molecular complexity index is 579. The molecule has 1 unspecified atom stereocenters. The maximum absolute atomic E-state index is 6.29. The largest absolute Gasteiger partial charge is 0.344 e. The van der Waals surface area contributed by atoms with Crippen LogP contribution in [0.4, 0.5) is 11.4 Å². The summed E-state index contributed by atoms with van der Waals surface area (Å²) in [6.45, 7) is 4.04. The van der Waals surface area contributed by atoms with Crippen molar-refractivity contribution in [2.45, 2.75) is 19.9 Å². The molecule has 3 heteroatoms. The molecule has 0 saturated carbocycles. The van der Waals surface area contributed by atoms with Crippen LogP contribution in [-0.2, 0) is 0 Å². The first kappa shape index (κ1) is 13.9. The van der Waals surface area contributed by atoms with Gasteiger partial charge in [-0.3, -0.25) is 0 Å². The lowest BCUT2D eigenvalue weighted by atomic mass is 10.1. The predicted molar refractivity (Wildman–Crippen MR) is 83.3 cm³/mol. The lowest BCUT2D eigenvalue weighted by Gasteiger charge is -2.22. The summed E-state index contributed by atoms with van der Waals surface area (Å²) in [5, 5.41) is 0.716. The Morgan fingerprint density at radius 3 is 2.42 bits per heavy atom. The molecule has 0 aliphatic heterocycles. The Morgan fingerprint density at radius 2 is 1.84 bits per heavy atom. The van der Waals surface area contributed by atoms with Crippen molar-refractivity contribution in [3.63, 3.8) is 0 Å². The molecule has 0 heterocycles. The van der Waals surface area contributed by atoms with Crippen molar-refractivity contribution >= 4 is 23.0 Å². The SMILES string of the molecule is Cc1ccccc1N(C)c1ccc(C(C)N)c(Cl)c1. The van der Waals surface area contributed by atoms with Crippen LogP contribution < -0.4 is 10.6 Å². The summed E-state index contributed by atoms with van der Waals surface area (Å²) in [7, 11) is 2.04. The number of rotatable bonds is 3. The van der Waals surface area contributed by atoms with E-state index in [2.05, 4.69) is 30.0 Å². The van der Waals surface area contributed by atoms with E-state index in [9.17, 15) is 0 Å². The molecule has 100 valence electrons. The summed E-state index contributed by atoms with van der Waals surface area (Å²) in [5.41, 5.74) is 10.3. The summed E-state index contributed by atoms with van der Waals surface area (Å²) in [4.78, 5) is 2.13. The van der Waals surface area contributed by atoms with E-state index in [0.29, 0.717) is 5.02 Å². The van der Waals surface area contributed by atoms with E-state index in [1.807, 2.05) is 38.2 Å². The zero-order valence-electron chi connectivity index (χ0n) is 11.5. The van der Waals surface area contributed by atoms with Crippen molar-refractivity contribution in [1.29, 1.82) is 0 Å². The van der Waals surface area contributed by atoms with Gasteiger partial charge in [0.05, 0.1) is 0 Å². The minimum absolute atomic E-state index is 0.0506. The maximum atomic E-state index is 6.29. The average Bonchev–Trinajstić information content (AvgIpc) is 2.38. The standard InChI is InChI=1S/C16H19ClN2/c1-11-6-4-5-7-16(11)19(3)13-8-9-14(12(2)18)15(17)10-13/h4-10,12H,18H2,1-3H3. The fourth-order valence-corrected chi connectivity index (χ4v) is 2.52. The molecule has 0 fully saturated rings. The van der Waals surface area contributed by atoms with Gasteiger partial charge in [-0.1, -0.05) is 35.9 Å². The topological polar surface area (TPSA) is 29.3 Å². The number of hydrogen-bond donors (Lipinski definition) is 1. The zero-order chi connectivity index (χ0) is 14.0. The van der Waals surface area contributed by atoms with Gasteiger partial charge in [0.1, 0.15) is 0 Å². The summed E-state index contributed by atoms with van der Waals surface area (Å²) in [6.07, 6.45) is 0. The van der Waals surface area contributed by atoms with Gasteiger partial charge in [-0.15, -0.1) is 0 Å². The molecular weight excluding hydrogens is 256 g/mol. The van der Waals surface area contributed by atoms with Gasteiger partial charge in [-0.2, -0.15) is 0 Å². The van der Waals surface area contributed by atoms with Crippen molar-refractivity contribution in [2.75, 3.05) is 11.9 Å². The molecular formula is C16H19ClN2. The molecule has 2 aromatic carbocycles. The highest BCUT2D eigenvalue weighted by Crippen LogP contribution is 2.31. The van der Waals surface area contributed by atoms with Crippen LogP contribution in [0.25, 0.3) is 0 Å². The molecule has 0 bridgehead atoms. The maximum Gasteiger partial charge on any atom is 0.0474 e. The van der Waals surface area contributed by atoms with Crippen LogP contribution >= 0.6 is 11.6 Å². The number of anilines is 2. The van der Waals surface area contributed by atoms with Crippen LogP contribution in [0.5, 0.6) is 0 Å². The van der Waals surface area contributed by atoms with Crippen LogP contribution in [0.1, 0.15) is 24.1 Å². The second kappa shape index (κ2) is 5.64. The zero-order valence-corrected chi connectivity index (χ0v) is 12.3. The Hall–Kier alpha value is -1.51. The fraction of sp³-hybridized carbons (Fsp3) is 0.250. The molecule has 19 heavy (non-hydrogen) atoms. The first-order valence-electron chi connectivity index (χ1n) is 6.35. The summed E-state index contributed by atoms with van der Waals surface area (Å²) in [6, 6.07) is 14.2. The van der Waals surface area contributed by atoms with E-state index in [1.165, 1.54) is 11.3 Å². The molecule has 0 saturated heterocycles. The number of nitrogens with two attached hydrogens (primary N) is 1. The average molecular weight is 275 g/mol. The normalized spacial score (nSPS) is 12.3. The first-order chi connectivity index (χ1) is 9.00. The van der Waals surface area contributed by atoms with E-state index >= 15 is 0 Å². The molecule has 0 aromatic heterocycles. The van der Waals surface area contributed by atoms with Crippen molar-refractivity contribution in [3.8, 4) is 0 Å². The van der Waals surface area contributed by atoms with E-state index in [0.717, 1.165) is 11.3 Å². The molecule has 2 rings (SSSR count). The Morgan fingerprint density at radius 1 is 1.16 bits per heavy atom. The molecule has 0 radical (unpaired) electrons. The minimum Gasteiger partial charge on any atom is -0.344 e. The second-order valence-electron chi connectivity index (χ2n) is 4.84. The fourth-order valence-electron chi connectivity index (χ4n) is 2.17. The lowest BCUT2D eigenvalue weighted by molar-refractivity contribution is 0.818. The lowest BCUT2D eigenvalue weighted by Crippen LogP contribution is -2.12. The van der Waals surface area contributed by atoms with Crippen LogP contribution in [0.15, 0.2) is 42.5 Å². The van der Waals surface area contributed by atoms with Gasteiger partial charge in [-0.05, 0) is 43.2 Å².